The second-order valence-electron chi connectivity index (χ2n) is 4.01. The molecule has 2 heteroatoms. The maximum Gasteiger partial charge on any atom is 0.0953 e. The van der Waals surface area contributed by atoms with Gasteiger partial charge in [-0.2, -0.15) is 0 Å². The Morgan fingerprint density at radius 1 is 1.36 bits per heavy atom. The summed E-state index contributed by atoms with van der Waals surface area (Å²) in [5.41, 5.74) is 2.58. The van der Waals surface area contributed by atoms with Crippen molar-refractivity contribution in [1.82, 2.24) is 5.32 Å². The number of hydrogen-bond acceptors (Lipinski definition) is 2. The highest BCUT2D eigenvalue weighted by atomic mass is 16.5. The van der Waals surface area contributed by atoms with Crippen LogP contribution in [-0.4, -0.2) is 19.2 Å². The van der Waals surface area contributed by atoms with E-state index in [1.54, 1.807) is 0 Å². The molecule has 1 heterocycles. The van der Waals surface area contributed by atoms with Gasteiger partial charge in [0.2, 0.25) is 0 Å². The van der Waals surface area contributed by atoms with E-state index in [0.29, 0.717) is 6.10 Å². The van der Waals surface area contributed by atoms with Crippen LogP contribution in [0.25, 0.3) is 0 Å². The van der Waals surface area contributed by atoms with Gasteiger partial charge in [-0.25, -0.2) is 0 Å². The van der Waals surface area contributed by atoms with E-state index in [2.05, 4.69) is 43.4 Å². The Bertz CT molecular complexity index is 311. The molecule has 0 unspecified atom stereocenters. The third-order valence-electron chi connectivity index (χ3n) is 2.57. The van der Waals surface area contributed by atoms with Gasteiger partial charge in [0.05, 0.1) is 12.2 Å². The van der Waals surface area contributed by atoms with Gasteiger partial charge in [0.1, 0.15) is 0 Å². The summed E-state index contributed by atoms with van der Waals surface area (Å²) in [6.07, 6.45) is 0.535. The Morgan fingerprint density at radius 2 is 2.21 bits per heavy atom. The third kappa shape index (κ3) is 2.14. The minimum Gasteiger partial charge on any atom is -0.368 e. The predicted octanol–water partition coefficient (Wildman–Crippen LogP) is 2.04. The topological polar surface area (TPSA) is 21.3 Å². The largest absolute Gasteiger partial charge is 0.368 e. The van der Waals surface area contributed by atoms with Gasteiger partial charge in [-0.15, -0.1) is 0 Å². The van der Waals surface area contributed by atoms with Gasteiger partial charge in [-0.1, -0.05) is 29.8 Å². The average molecular weight is 191 g/mol. The van der Waals surface area contributed by atoms with Crippen LogP contribution >= 0.6 is 0 Å². The zero-order valence-corrected chi connectivity index (χ0v) is 8.79. The first-order valence-corrected chi connectivity index (χ1v) is 5.18. The molecule has 1 N–H and O–H groups in total. The second-order valence-corrected chi connectivity index (χ2v) is 4.01. The molecule has 1 fully saturated rings. The van der Waals surface area contributed by atoms with Crippen LogP contribution in [-0.2, 0) is 4.74 Å². The molecule has 1 aromatic carbocycles. The van der Waals surface area contributed by atoms with Gasteiger partial charge >= 0.3 is 0 Å². The van der Waals surface area contributed by atoms with Crippen molar-refractivity contribution in [2.75, 3.05) is 13.1 Å². The highest BCUT2D eigenvalue weighted by Crippen LogP contribution is 2.21. The fourth-order valence-electron chi connectivity index (χ4n) is 1.86. The fourth-order valence-corrected chi connectivity index (χ4v) is 1.86. The van der Waals surface area contributed by atoms with E-state index in [4.69, 9.17) is 4.74 Å². The quantitative estimate of drug-likeness (QED) is 0.733. The van der Waals surface area contributed by atoms with Crippen molar-refractivity contribution in [1.29, 1.82) is 0 Å². The molecule has 14 heavy (non-hydrogen) atoms. The maximum atomic E-state index is 5.86. The van der Waals surface area contributed by atoms with E-state index in [1.807, 2.05) is 0 Å². The van der Waals surface area contributed by atoms with Gasteiger partial charge in [0.25, 0.3) is 0 Å². The van der Waals surface area contributed by atoms with Gasteiger partial charge in [0.15, 0.2) is 0 Å². The summed E-state index contributed by atoms with van der Waals surface area (Å²) in [6.45, 7) is 6.11. The molecule has 1 aromatic rings. The summed E-state index contributed by atoms with van der Waals surface area (Å²) in [4.78, 5) is 0. The molecular formula is C12H17NO. The van der Waals surface area contributed by atoms with Crippen LogP contribution in [0.15, 0.2) is 24.3 Å². The van der Waals surface area contributed by atoms with Crippen LogP contribution in [0.3, 0.4) is 0 Å². The standard InChI is InChI=1S/C12H17NO/c1-9-4-3-5-11(6-9)12-8-13-7-10(2)14-12/h3-6,10,12-13H,7-8H2,1-2H3/t10-,12+/m0/s1. The van der Waals surface area contributed by atoms with Crippen molar-refractivity contribution in [3.05, 3.63) is 35.4 Å². The first kappa shape index (κ1) is 9.69. The lowest BCUT2D eigenvalue weighted by molar-refractivity contribution is -0.0287. The Labute approximate surface area is 85.3 Å². The molecule has 0 bridgehead atoms. The van der Waals surface area contributed by atoms with E-state index >= 15 is 0 Å². The predicted molar refractivity (Wildman–Crippen MR) is 57.3 cm³/mol. The molecule has 0 aliphatic carbocycles. The van der Waals surface area contributed by atoms with Crippen molar-refractivity contribution in [3.63, 3.8) is 0 Å². The van der Waals surface area contributed by atoms with Crippen LogP contribution in [0, 0.1) is 6.92 Å². The number of benzene rings is 1. The zero-order valence-electron chi connectivity index (χ0n) is 8.79. The molecule has 0 saturated carbocycles. The van der Waals surface area contributed by atoms with Crippen LogP contribution in [0.1, 0.15) is 24.2 Å². The molecule has 1 saturated heterocycles. The number of morpholine rings is 1. The highest BCUT2D eigenvalue weighted by Gasteiger charge is 2.19. The van der Waals surface area contributed by atoms with E-state index in [1.165, 1.54) is 11.1 Å². The van der Waals surface area contributed by atoms with Crippen LogP contribution < -0.4 is 5.32 Å². The highest BCUT2D eigenvalue weighted by molar-refractivity contribution is 5.24. The molecular weight excluding hydrogens is 174 g/mol. The van der Waals surface area contributed by atoms with E-state index < -0.39 is 0 Å². The lowest BCUT2D eigenvalue weighted by atomic mass is 10.1. The molecule has 2 atom stereocenters. The Balaban J connectivity index is 2.14. The summed E-state index contributed by atoms with van der Waals surface area (Å²) in [5, 5.41) is 3.38. The van der Waals surface area contributed by atoms with Crippen molar-refractivity contribution in [3.8, 4) is 0 Å². The van der Waals surface area contributed by atoms with E-state index in [9.17, 15) is 0 Å². The van der Waals surface area contributed by atoms with Gasteiger partial charge in [-0.05, 0) is 19.4 Å². The first-order chi connectivity index (χ1) is 6.75. The van der Waals surface area contributed by atoms with Crippen LogP contribution in [0.5, 0.6) is 0 Å². The molecule has 0 radical (unpaired) electrons. The minimum absolute atomic E-state index is 0.221. The normalized spacial score (nSPS) is 27.6. The molecule has 0 aromatic heterocycles. The molecule has 2 nitrogen and oxygen atoms in total. The van der Waals surface area contributed by atoms with Crippen molar-refractivity contribution < 1.29 is 4.74 Å². The van der Waals surface area contributed by atoms with E-state index in [-0.39, 0.29) is 6.10 Å². The smallest absolute Gasteiger partial charge is 0.0953 e. The number of rotatable bonds is 1. The molecule has 0 spiro atoms. The van der Waals surface area contributed by atoms with Crippen molar-refractivity contribution in [2.45, 2.75) is 26.1 Å². The van der Waals surface area contributed by atoms with Crippen molar-refractivity contribution in [2.24, 2.45) is 0 Å². The Morgan fingerprint density at radius 3 is 2.93 bits per heavy atom. The summed E-state index contributed by atoms with van der Waals surface area (Å²) >= 11 is 0. The molecule has 0 amide bonds. The summed E-state index contributed by atoms with van der Waals surface area (Å²) in [6, 6.07) is 8.54. The second kappa shape index (κ2) is 4.11. The lowest BCUT2D eigenvalue weighted by Crippen LogP contribution is -2.38. The zero-order chi connectivity index (χ0) is 9.97. The molecule has 1 aliphatic rings. The number of ether oxygens (including phenoxy) is 1. The van der Waals surface area contributed by atoms with Gasteiger partial charge in [0, 0.05) is 13.1 Å². The maximum absolute atomic E-state index is 5.86. The van der Waals surface area contributed by atoms with Crippen LogP contribution in [0.2, 0.25) is 0 Å². The number of nitrogens with one attached hydrogen (secondary N) is 1. The third-order valence-corrected chi connectivity index (χ3v) is 2.57. The molecule has 76 valence electrons. The monoisotopic (exact) mass is 191 g/mol. The van der Waals surface area contributed by atoms with Crippen molar-refractivity contribution >= 4 is 0 Å². The molecule has 1 aliphatic heterocycles. The Hall–Kier alpha value is -0.860. The van der Waals surface area contributed by atoms with Crippen LogP contribution in [0.4, 0.5) is 0 Å². The number of aryl methyl sites for hydroxylation is 1. The lowest BCUT2D eigenvalue weighted by Gasteiger charge is -2.29. The minimum atomic E-state index is 0.221. The van der Waals surface area contributed by atoms with E-state index in [0.717, 1.165) is 13.1 Å². The number of hydrogen-bond donors (Lipinski definition) is 1. The first-order valence-electron chi connectivity index (χ1n) is 5.18. The Kier molecular flexibility index (Phi) is 2.85. The fraction of sp³-hybridized carbons (Fsp3) is 0.500. The van der Waals surface area contributed by atoms with Gasteiger partial charge in [-0.3, -0.25) is 0 Å². The van der Waals surface area contributed by atoms with Gasteiger partial charge < -0.3 is 10.1 Å². The summed E-state index contributed by atoms with van der Waals surface area (Å²) < 4.78 is 5.86. The summed E-state index contributed by atoms with van der Waals surface area (Å²) in [5.74, 6) is 0. The molecule has 2 rings (SSSR count). The SMILES string of the molecule is Cc1cccc([C@H]2CNC[C@H](C)O2)c1. The summed E-state index contributed by atoms with van der Waals surface area (Å²) in [7, 11) is 0. The average Bonchev–Trinajstić information content (AvgIpc) is 2.18.